The summed E-state index contributed by atoms with van der Waals surface area (Å²) in [4.78, 5) is 13.1. The molecule has 7 N–H and O–H groups in total. The van der Waals surface area contributed by atoms with Gasteiger partial charge in [-0.2, -0.15) is 0 Å². The van der Waals surface area contributed by atoms with Crippen molar-refractivity contribution in [3.8, 4) is 0 Å². The summed E-state index contributed by atoms with van der Waals surface area (Å²) in [6, 6.07) is 0. The minimum Gasteiger partial charge on any atom is -0.457 e. The molecule has 0 amide bonds. The highest BCUT2D eigenvalue weighted by atomic mass is 16.7. The molecule has 2 aliphatic rings. The van der Waals surface area contributed by atoms with E-state index < -0.39 is 80.7 Å². The van der Waals surface area contributed by atoms with E-state index in [4.69, 9.17) is 28.4 Å². The van der Waals surface area contributed by atoms with Crippen molar-refractivity contribution in [3.05, 3.63) is 85.1 Å². The van der Waals surface area contributed by atoms with Gasteiger partial charge in [0.1, 0.15) is 54.9 Å². The average molecular weight is 1120 g/mol. The summed E-state index contributed by atoms with van der Waals surface area (Å²) in [7, 11) is 0. The van der Waals surface area contributed by atoms with E-state index in [1.807, 2.05) is 0 Å². The van der Waals surface area contributed by atoms with E-state index in [-0.39, 0.29) is 25.6 Å². The molecule has 14 heteroatoms. The van der Waals surface area contributed by atoms with E-state index >= 15 is 0 Å². The second kappa shape index (κ2) is 50.9. The maximum absolute atomic E-state index is 13.1. The molecule has 11 unspecified atom stereocenters. The lowest BCUT2D eigenvalue weighted by Gasteiger charge is -2.42. The van der Waals surface area contributed by atoms with Crippen LogP contribution in [0.2, 0.25) is 0 Å². The van der Waals surface area contributed by atoms with Crippen LogP contribution in [0.5, 0.6) is 0 Å². The number of rotatable bonds is 50. The summed E-state index contributed by atoms with van der Waals surface area (Å²) in [6.45, 7) is 3.54. The summed E-state index contributed by atoms with van der Waals surface area (Å²) in [5.74, 6) is -0.390. The summed E-state index contributed by atoms with van der Waals surface area (Å²) < 4.78 is 34.4. The van der Waals surface area contributed by atoms with Crippen LogP contribution in [0.4, 0.5) is 0 Å². The number of aliphatic hydroxyl groups excluding tert-OH is 7. The molecule has 0 radical (unpaired) electrons. The van der Waals surface area contributed by atoms with Gasteiger partial charge in [0, 0.05) is 13.0 Å². The molecule has 79 heavy (non-hydrogen) atoms. The second-order valence-electron chi connectivity index (χ2n) is 21.5. The molecule has 0 aromatic heterocycles. The van der Waals surface area contributed by atoms with Gasteiger partial charge in [0.15, 0.2) is 12.6 Å². The smallest absolute Gasteiger partial charge is 0.306 e. The number of carbonyl (C=O) groups is 1. The summed E-state index contributed by atoms with van der Waals surface area (Å²) >= 11 is 0. The monoisotopic (exact) mass is 1120 g/mol. The lowest BCUT2D eigenvalue weighted by molar-refractivity contribution is -0.332. The number of esters is 1. The van der Waals surface area contributed by atoms with E-state index in [1.54, 1.807) is 0 Å². The van der Waals surface area contributed by atoms with Gasteiger partial charge in [0.25, 0.3) is 0 Å². The first-order valence-electron chi connectivity index (χ1n) is 31.2. The third kappa shape index (κ3) is 37.1. The zero-order valence-electron chi connectivity index (χ0n) is 49.1. The van der Waals surface area contributed by atoms with Crippen LogP contribution < -0.4 is 0 Å². The average Bonchev–Trinajstić information content (AvgIpc) is 3.46. The van der Waals surface area contributed by atoms with Crippen molar-refractivity contribution < 1.29 is 69.0 Å². The number of aliphatic hydroxyl groups is 7. The Hall–Kier alpha value is -2.83. The lowest BCUT2D eigenvalue weighted by Crippen LogP contribution is -2.61. The zero-order chi connectivity index (χ0) is 57.2. The normalized spacial score (nSPS) is 24.6. The SMILES string of the molecule is CC/C=C\C/C=C\C/C=C\C/C=C\CCCCCCCCCCCCCCCOCC(COC1OC(COC2OC(CO)C(O)C(O)C2O)C(O)C(O)C1O)OC(=O)CCCCCCCC/C=C\C/C=C\C/C=C\CCCCC. The number of ether oxygens (including phenoxy) is 6. The van der Waals surface area contributed by atoms with Gasteiger partial charge in [-0.05, 0) is 89.9 Å². The molecule has 0 aromatic carbocycles. The molecule has 11 atom stereocenters. The van der Waals surface area contributed by atoms with Crippen molar-refractivity contribution in [2.24, 2.45) is 0 Å². The minimum atomic E-state index is -1.71. The molecule has 0 spiro atoms. The van der Waals surface area contributed by atoms with Gasteiger partial charge in [0.05, 0.1) is 26.4 Å². The van der Waals surface area contributed by atoms with Gasteiger partial charge in [0.2, 0.25) is 0 Å². The number of hydrogen-bond donors (Lipinski definition) is 7. The summed E-state index contributed by atoms with van der Waals surface area (Å²) in [6.07, 6.45) is 50.7. The van der Waals surface area contributed by atoms with E-state index in [0.29, 0.717) is 13.0 Å². The van der Waals surface area contributed by atoms with Crippen molar-refractivity contribution in [3.63, 3.8) is 0 Å². The molecule has 2 heterocycles. The third-order valence-electron chi connectivity index (χ3n) is 14.4. The van der Waals surface area contributed by atoms with Crippen LogP contribution in [0, 0.1) is 0 Å². The Morgan fingerprint density at radius 3 is 1.29 bits per heavy atom. The fourth-order valence-corrected chi connectivity index (χ4v) is 9.40. The van der Waals surface area contributed by atoms with Crippen molar-refractivity contribution in [2.45, 2.75) is 287 Å². The first kappa shape index (κ1) is 72.3. The van der Waals surface area contributed by atoms with Gasteiger partial charge < -0.3 is 64.2 Å². The van der Waals surface area contributed by atoms with Gasteiger partial charge in [-0.15, -0.1) is 0 Å². The van der Waals surface area contributed by atoms with Crippen LogP contribution in [0.3, 0.4) is 0 Å². The molecule has 0 bridgehead atoms. The van der Waals surface area contributed by atoms with E-state index in [0.717, 1.165) is 96.3 Å². The maximum Gasteiger partial charge on any atom is 0.306 e. The molecule has 2 rings (SSSR count). The summed E-state index contributed by atoms with van der Waals surface area (Å²) in [5, 5.41) is 72.5. The van der Waals surface area contributed by atoms with Gasteiger partial charge in [-0.1, -0.05) is 208 Å². The van der Waals surface area contributed by atoms with Crippen LogP contribution >= 0.6 is 0 Å². The molecule has 0 saturated carbocycles. The number of hydrogen-bond acceptors (Lipinski definition) is 14. The number of unbranched alkanes of at least 4 members (excludes halogenated alkanes) is 22. The standard InChI is InChI=1S/C65H112O14/c1-3-5-7-9-11-13-15-17-19-21-23-24-25-26-27-28-29-31-33-35-37-39-41-43-45-47-49-74-51-54(77-57(67)48-46-44-42-40-38-36-34-32-30-22-20-18-16-14-12-10-8-6-4-2)52-75-64-63(73)61(71)59(69)56(79-64)53-76-65-62(72)60(70)58(68)55(50-66)78-65/h5,7,11-14,17-20,23-24,30,32,54-56,58-66,68-73H,3-4,6,8-10,15-16,21-22,25-29,31,33-53H2,1-2H3/b7-5-,13-11-,14-12-,19-17-,20-18-,24-23-,32-30-. The molecular formula is C65H112O14. The quantitative estimate of drug-likeness (QED) is 0.0172. The molecule has 0 aromatic rings. The Bertz CT molecular complexity index is 1630. The van der Waals surface area contributed by atoms with E-state index in [1.165, 1.54) is 96.3 Å². The highest BCUT2D eigenvalue weighted by Gasteiger charge is 2.47. The molecule has 2 fully saturated rings. The first-order chi connectivity index (χ1) is 38.6. The largest absolute Gasteiger partial charge is 0.457 e. The topological polar surface area (TPSA) is 214 Å². The summed E-state index contributed by atoms with van der Waals surface area (Å²) in [5.41, 5.74) is 0. The van der Waals surface area contributed by atoms with E-state index in [2.05, 4.69) is 98.9 Å². The Morgan fingerprint density at radius 2 is 0.823 bits per heavy atom. The highest BCUT2D eigenvalue weighted by Crippen LogP contribution is 2.27. The Balaban J connectivity index is 1.68. The van der Waals surface area contributed by atoms with Crippen LogP contribution in [0.1, 0.15) is 219 Å². The Labute approximate surface area is 478 Å². The zero-order valence-corrected chi connectivity index (χ0v) is 49.1. The Kier molecular flexibility index (Phi) is 46.5. The van der Waals surface area contributed by atoms with Gasteiger partial charge >= 0.3 is 5.97 Å². The van der Waals surface area contributed by atoms with E-state index in [9.17, 15) is 40.5 Å². The van der Waals surface area contributed by atoms with Gasteiger partial charge in [-0.3, -0.25) is 4.79 Å². The molecule has 2 saturated heterocycles. The Morgan fingerprint density at radius 1 is 0.430 bits per heavy atom. The van der Waals surface area contributed by atoms with Crippen molar-refractivity contribution >= 4 is 5.97 Å². The van der Waals surface area contributed by atoms with Gasteiger partial charge in [-0.25, -0.2) is 0 Å². The molecule has 456 valence electrons. The van der Waals surface area contributed by atoms with Crippen LogP contribution in [-0.2, 0) is 33.2 Å². The second-order valence-corrected chi connectivity index (χ2v) is 21.5. The molecular weight excluding hydrogens is 1000 g/mol. The fourth-order valence-electron chi connectivity index (χ4n) is 9.40. The number of carbonyl (C=O) groups excluding carboxylic acids is 1. The molecule has 0 aliphatic carbocycles. The molecule has 14 nitrogen and oxygen atoms in total. The van der Waals surface area contributed by atoms with Crippen LogP contribution in [0.15, 0.2) is 85.1 Å². The predicted octanol–water partition coefficient (Wildman–Crippen LogP) is 12.0. The highest BCUT2D eigenvalue weighted by molar-refractivity contribution is 5.69. The van der Waals surface area contributed by atoms with Crippen molar-refractivity contribution in [2.75, 3.05) is 33.0 Å². The molecule has 2 aliphatic heterocycles. The number of allylic oxidation sites excluding steroid dienone is 14. The fraction of sp³-hybridized carbons (Fsp3) is 0.769. The first-order valence-corrected chi connectivity index (χ1v) is 31.2. The van der Waals surface area contributed by atoms with Crippen LogP contribution in [0.25, 0.3) is 0 Å². The third-order valence-corrected chi connectivity index (χ3v) is 14.4. The van der Waals surface area contributed by atoms with Crippen LogP contribution in [-0.4, -0.2) is 142 Å². The maximum atomic E-state index is 13.1. The van der Waals surface area contributed by atoms with Crippen molar-refractivity contribution in [1.29, 1.82) is 0 Å². The minimum absolute atomic E-state index is 0.0515. The van der Waals surface area contributed by atoms with Crippen molar-refractivity contribution in [1.82, 2.24) is 0 Å². The predicted molar refractivity (Wildman–Crippen MR) is 316 cm³/mol. The lowest BCUT2D eigenvalue weighted by atomic mass is 9.98.